The van der Waals surface area contributed by atoms with Crippen molar-refractivity contribution in [1.29, 1.82) is 0 Å². The van der Waals surface area contributed by atoms with Crippen molar-refractivity contribution in [3.8, 4) is 0 Å². The number of Topliss-reactive ketones (excluding diaryl/α,β-unsaturated/α-hetero) is 1. The second kappa shape index (κ2) is 7.20. The smallest absolute Gasteiger partial charge is 0.305 e. The van der Waals surface area contributed by atoms with Crippen LogP contribution >= 0.6 is 0 Å². The fourth-order valence-electron chi connectivity index (χ4n) is 2.78. The van der Waals surface area contributed by atoms with Gasteiger partial charge < -0.3 is 10.1 Å². The van der Waals surface area contributed by atoms with Crippen LogP contribution in [-0.2, 0) is 27.2 Å². The highest BCUT2D eigenvalue weighted by Crippen LogP contribution is 2.27. The Labute approximate surface area is 130 Å². The predicted octanol–water partition coefficient (Wildman–Crippen LogP) is 1.67. The first-order valence-electron chi connectivity index (χ1n) is 7.46. The minimum absolute atomic E-state index is 0.0189. The number of hydrogen-bond acceptors (Lipinski definition) is 4. The Morgan fingerprint density at radius 2 is 1.91 bits per heavy atom. The average Bonchev–Trinajstić information content (AvgIpc) is 2.92. The molecule has 0 aliphatic heterocycles. The molecule has 0 spiro atoms. The number of ketones is 1. The van der Waals surface area contributed by atoms with E-state index in [1.165, 1.54) is 25.2 Å². The van der Waals surface area contributed by atoms with Crippen LogP contribution in [0.4, 0.5) is 0 Å². The molecule has 5 nitrogen and oxygen atoms in total. The highest BCUT2D eigenvalue weighted by Gasteiger charge is 2.22. The number of methoxy groups -OCH3 is 1. The van der Waals surface area contributed by atoms with Gasteiger partial charge in [0.1, 0.15) is 0 Å². The highest BCUT2D eigenvalue weighted by atomic mass is 16.5. The molecule has 118 valence electrons. The summed E-state index contributed by atoms with van der Waals surface area (Å²) in [5, 5.41) is 2.84. The molecule has 0 bridgehead atoms. The van der Waals surface area contributed by atoms with E-state index in [0.717, 1.165) is 12.8 Å². The molecule has 0 radical (unpaired) electrons. The monoisotopic (exact) mass is 303 g/mol. The minimum atomic E-state index is -0.370. The zero-order chi connectivity index (χ0) is 16.1. The number of hydrogen-bond donors (Lipinski definition) is 1. The summed E-state index contributed by atoms with van der Waals surface area (Å²) in [6.45, 7) is 2.18. The van der Waals surface area contributed by atoms with Crippen molar-refractivity contribution in [3.63, 3.8) is 0 Å². The Morgan fingerprint density at radius 3 is 2.59 bits per heavy atom. The van der Waals surface area contributed by atoms with Crippen LogP contribution in [0.5, 0.6) is 0 Å². The fourth-order valence-corrected chi connectivity index (χ4v) is 2.78. The number of nitrogens with one attached hydrogen (secondary N) is 1. The summed E-state index contributed by atoms with van der Waals surface area (Å²) in [6, 6.07) is 5.72. The van der Waals surface area contributed by atoms with Crippen LogP contribution in [0.15, 0.2) is 18.2 Å². The van der Waals surface area contributed by atoms with E-state index in [-0.39, 0.29) is 30.5 Å². The molecule has 1 atom stereocenters. The molecule has 0 saturated heterocycles. The Hall–Kier alpha value is -2.17. The number of rotatable bonds is 6. The summed E-state index contributed by atoms with van der Waals surface area (Å²) in [5.41, 5.74) is 3.04. The third-order valence-corrected chi connectivity index (χ3v) is 3.97. The predicted molar refractivity (Wildman–Crippen MR) is 81.6 cm³/mol. The molecule has 0 aromatic heterocycles. The lowest BCUT2D eigenvalue weighted by Crippen LogP contribution is -2.27. The SMILES string of the molecule is COC(=O)CCC(=O)c1ccc2c(c1)CC(CNC(C)=O)C2. The van der Waals surface area contributed by atoms with Crippen molar-refractivity contribution >= 4 is 17.7 Å². The van der Waals surface area contributed by atoms with Crippen molar-refractivity contribution < 1.29 is 19.1 Å². The van der Waals surface area contributed by atoms with E-state index in [2.05, 4.69) is 10.1 Å². The summed E-state index contributed by atoms with van der Waals surface area (Å²) in [7, 11) is 1.32. The van der Waals surface area contributed by atoms with Crippen molar-refractivity contribution in [1.82, 2.24) is 5.32 Å². The van der Waals surface area contributed by atoms with Gasteiger partial charge in [0, 0.05) is 25.5 Å². The van der Waals surface area contributed by atoms with Gasteiger partial charge in [-0.05, 0) is 36.0 Å². The molecule has 0 fully saturated rings. The zero-order valence-corrected chi connectivity index (χ0v) is 13.0. The van der Waals surface area contributed by atoms with Crippen molar-refractivity contribution in [2.75, 3.05) is 13.7 Å². The van der Waals surface area contributed by atoms with Crippen LogP contribution < -0.4 is 5.32 Å². The van der Waals surface area contributed by atoms with Crippen LogP contribution in [0.2, 0.25) is 0 Å². The van der Waals surface area contributed by atoms with Crippen molar-refractivity contribution in [2.24, 2.45) is 5.92 Å². The largest absolute Gasteiger partial charge is 0.469 e. The van der Waals surface area contributed by atoms with E-state index >= 15 is 0 Å². The van der Waals surface area contributed by atoms with Gasteiger partial charge in [-0.1, -0.05) is 12.1 Å². The van der Waals surface area contributed by atoms with Gasteiger partial charge in [-0.15, -0.1) is 0 Å². The number of esters is 1. The zero-order valence-electron chi connectivity index (χ0n) is 13.0. The Kier molecular flexibility index (Phi) is 5.31. The maximum absolute atomic E-state index is 12.1. The third kappa shape index (κ3) is 4.16. The van der Waals surface area contributed by atoms with Gasteiger partial charge >= 0.3 is 5.97 Å². The van der Waals surface area contributed by atoms with Gasteiger partial charge in [0.2, 0.25) is 5.91 Å². The normalized spacial score (nSPS) is 16.0. The van der Waals surface area contributed by atoms with Crippen LogP contribution in [0.3, 0.4) is 0 Å². The molecule has 1 amide bonds. The maximum Gasteiger partial charge on any atom is 0.305 e. The number of carbonyl (C=O) groups is 3. The summed E-state index contributed by atoms with van der Waals surface area (Å²) < 4.78 is 4.55. The molecule has 1 aromatic carbocycles. The molecule has 1 aliphatic rings. The second-order valence-corrected chi connectivity index (χ2v) is 5.69. The molecule has 1 aliphatic carbocycles. The molecule has 2 rings (SSSR count). The van der Waals surface area contributed by atoms with E-state index in [1.807, 2.05) is 18.2 Å². The molecule has 1 aromatic rings. The number of benzene rings is 1. The number of fused-ring (bicyclic) bond motifs is 1. The van der Waals surface area contributed by atoms with Gasteiger partial charge in [0.05, 0.1) is 13.5 Å². The second-order valence-electron chi connectivity index (χ2n) is 5.69. The molecule has 1 N–H and O–H groups in total. The fraction of sp³-hybridized carbons (Fsp3) is 0.471. The molecule has 22 heavy (non-hydrogen) atoms. The Balaban J connectivity index is 1.96. The van der Waals surface area contributed by atoms with Gasteiger partial charge in [-0.25, -0.2) is 0 Å². The lowest BCUT2D eigenvalue weighted by Gasteiger charge is -2.08. The number of carbonyl (C=O) groups excluding carboxylic acids is 3. The molecule has 5 heteroatoms. The summed E-state index contributed by atoms with van der Waals surface area (Å²) in [5.74, 6) is -0.0441. The minimum Gasteiger partial charge on any atom is -0.469 e. The molecule has 1 unspecified atom stereocenters. The lowest BCUT2D eigenvalue weighted by molar-refractivity contribution is -0.140. The Morgan fingerprint density at radius 1 is 1.18 bits per heavy atom. The van der Waals surface area contributed by atoms with Gasteiger partial charge in [-0.2, -0.15) is 0 Å². The maximum atomic E-state index is 12.1. The van der Waals surface area contributed by atoms with Crippen molar-refractivity contribution in [3.05, 3.63) is 34.9 Å². The third-order valence-electron chi connectivity index (χ3n) is 3.97. The number of amides is 1. The average molecular weight is 303 g/mol. The van der Waals surface area contributed by atoms with E-state index < -0.39 is 0 Å². The topological polar surface area (TPSA) is 72.5 Å². The van der Waals surface area contributed by atoms with Crippen LogP contribution in [0, 0.1) is 5.92 Å². The van der Waals surface area contributed by atoms with E-state index in [9.17, 15) is 14.4 Å². The molecule has 0 saturated carbocycles. The Bertz CT molecular complexity index is 594. The standard InChI is InChI=1S/C17H21NO4/c1-11(19)18-10-12-7-13-3-4-14(9-15(13)8-12)16(20)5-6-17(21)22-2/h3-4,9,12H,5-8,10H2,1-2H3,(H,18,19). The van der Waals surface area contributed by atoms with Crippen molar-refractivity contribution in [2.45, 2.75) is 32.6 Å². The molecular formula is C17H21NO4. The summed E-state index contributed by atoms with van der Waals surface area (Å²) in [4.78, 5) is 34.2. The molecule has 0 heterocycles. The van der Waals surface area contributed by atoms with Crippen LogP contribution in [0.1, 0.15) is 41.3 Å². The number of ether oxygens (including phenoxy) is 1. The quantitative estimate of drug-likeness (QED) is 0.641. The van der Waals surface area contributed by atoms with Crippen LogP contribution in [-0.4, -0.2) is 31.3 Å². The van der Waals surface area contributed by atoms with Crippen LogP contribution in [0.25, 0.3) is 0 Å². The van der Waals surface area contributed by atoms with E-state index in [0.29, 0.717) is 18.0 Å². The van der Waals surface area contributed by atoms with E-state index in [1.54, 1.807) is 0 Å². The summed E-state index contributed by atoms with van der Waals surface area (Å²) in [6.07, 6.45) is 2.07. The van der Waals surface area contributed by atoms with Gasteiger partial charge in [0.25, 0.3) is 0 Å². The van der Waals surface area contributed by atoms with Gasteiger partial charge in [-0.3, -0.25) is 14.4 Å². The summed E-state index contributed by atoms with van der Waals surface area (Å²) >= 11 is 0. The molecular weight excluding hydrogens is 282 g/mol. The first-order chi connectivity index (χ1) is 10.5. The van der Waals surface area contributed by atoms with E-state index in [4.69, 9.17) is 0 Å². The lowest BCUT2D eigenvalue weighted by atomic mass is 10.0. The first-order valence-corrected chi connectivity index (χ1v) is 7.46. The van der Waals surface area contributed by atoms with Gasteiger partial charge in [0.15, 0.2) is 5.78 Å². The highest BCUT2D eigenvalue weighted by molar-refractivity contribution is 5.97. The first kappa shape index (κ1) is 16.2.